The number of allylic oxidation sites excluding steroid dienone is 2. The largest absolute Gasteiger partial charge is 0.361 e. The van der Waals surface area contributed by atoms with Crippen LogP contribution in [0.25, 0.3) is 5.53 Å². The number of rotatable bonds is 1. The molecule has 7 heteroatoms. The molecular weight excluding hydrogens is 189 g/mol. The van der Waals surface area contributed by atoms with Crippen LogP contribution < -0.4 is 5.43 Å². The number of hydrogen-bond acceptors (Lipinski definition) is 3. The number of hydrazine groups is 1. The van der Waals surface area contributed by atoms with Gasteiger partial charge in [0.05, 0.1) is 11.8 Å². The Hall–Kier alpha value is -1.03. The molecule has 11 heavy (non-hydrogen) atoms. The highest BCUT2D eigenvalue weighted by atomic mass is 35.5. The van der Waals surface area contributed by atoms with Gasteiger partial charge in [-0.05, 0) is 0 Å². The smallest absolute Gasteiger partial charge is 0.305 e. The monoisotopic (exact) mass is 191 g/mol. The summed E-state index contributed by atoms with van der Waals surface area (Å²) in [7, 11) is 0. The number of nitrogens with zero attached hydrogens (tertiary/aromatic N) is 4. The lowest BCUT2D eigenvalue weighted by molar-refractivity contribution is 0.00328. The van der Waals surface area contributed by atoms with Gasteiger partial charge in [0.15, 0.2) is 5.17 Å². The molecule has 58 valence electrons. The third-order valence-electron chi connectivity index (χ3n) is 0.876. The molecule has 0 radical (unpaired) electrons. The summed E-state index contributed by atoms with van der Waals surface area (Å²) in [5, 5.41) is 3.77. The molecule has 0 saturated carbocycles. The molecule has 1 aliphatic rings. The molecule has 0 aromatic carbocycles. The van der Waals surface area contributed by atoms with Crippen molar-refractivity contribution in [1.29, 1.82) is 0 Å². The average Bonchev–Trinajstić information content (AvgIpc) is 1.85. The maximum absolute atomic E-state index is 8.14. The van der Waals surface area contributed by atoms with Crippen LogP contribution in [0.1, 0.15) is 0 Å². The Balaban J connectivity index is 2.83. The van der Waals surface area contributed by atoms with Gasteiger partial charge in [-0.2, -0.15) is 4.79 Å². The first-order valence-electron chi connectivity index (χ1n) is 2.58. The Kier molecular flexibility index (Phi) is 2.48. The van der Waals surface area contributed by atoms with Crippen molar-refractivity contribution in [3.63, 3.8) is 0 Å². The minimum atomic E-state index is 0.202. The third kappa shape index (κ3) is 2.23. The summed E-state index contributed by atoms with van der Waals surface area (Å²) in [6.07, 6.45) is 2.60. The van der Waals surface area contributed by atoms with Crippen LogP contribution in [-0.4, -0.2) is 20.8 Å². The van der Waals surface area contributed by atoms with Crippen molar-refractivity contribution < 1.29 is 4.79 Å². The van der Waals surface area contributed by atoms with Crippen molar-refractivity contribution >= 4 is 34.8 Å². The second-order valence-electron chi connectivity index (χ2n) is 1.64. The lowest BCUT2D eigenvalue weighted by atomic mass is 10.4. The van der Waals surface area contributed by atoms with Gasteiger partial charge in [-0.15, -0.1) is 9.74 Å². The van der Waals surface area contributed by atoms with Crippen molar-refractivity contribution in [2.24, 2.45) is 5.10 Å². The molecule has 0 fully saturated rings. The first-order chi connectivity index (χ1) is 5.22. The summed E-state index contributed by atoms with van der Waals surface area (Å²) in [6.45, 7) is 0. The highest BCUT2D eigenvalue weighted by Crippen LogP contribution is 2.04. The van der Waals surface area contributed by atoms with Crippen LogP contribution in [0.15, 0.2) is 16.9 Å². The van der Waals surface area contributed by atoms with Crippen molar-refractivity contribution in [1.82, 2.24) is 10.1 Å². The zero-order valence-electron chi connectivity index (χ0n) is 5.20. The summed E-state index contributed by atoms with van der Waals surface area (Å²) in [6, 6.07) is 0. The molecule has 0 aromatic heterocycles. The van der Waals surface area contributed by atoms with E-state index in [0.29, 0.717) is 5.70 Å². The van der Waals surface area contributed by atoms with Gasteiger partial charge in [-0.3, -0.25) is 5.43 Å². The summed E-state index contributed by atoms with van der Waals surface area (Å²) < 4.78 is 0.888. The lowest BCUT2D eigenvalue weighted by Crippen LogP contribution is -2.29. The quantitative estimate of drug-likeness (QED) is 0.287. The molecule has 0 amide bonds. The Morgan fingerprint density at radius 1 is 1.82 bits per heavy atom. The average molecular weight is 192 g/mol. The number of nitrogens with one attached hydrogen (secondary N) is 1. The summed E-state index contributed by atoms with van der Waals surface area (Å²) >= 11 is 10.9. The molecule has 0 unspecified atom stereocenters. The Morgan fingerprint density at radius 3 is 3.09 bits per heavy atom. The molecule has 5 nitrogen and oxygen atoms in total. The Bertz CT molecular complexity index is 264. The first-order valence-corrected chi connectivity index (χ1v) is 3.30. The lowest BCUT2D eigenvalue weighted by Gasteiger charge is -2.14. The molecule has 1 N–H and O–H groups in total. The van der Waals surface area contributed by atoms with Crippen LogP contribution in [0.4, 0.5) is 0 Å². The van der Waals surface area contributed by atoms with E-state index in [1.165, 1.54) is 6.08 Å². The fourth-order valence-corrected chi connectivity index (χ4v) is 0.944. The highest BCUT2D eigenvalue weighted by molar-refractivity contribution is 6.68. The number of halogens is 2. The number of hydrazone groups is 1. The van der Waals surface area contributed by atoms with E-state index in [2.05, 4.69) is 15.3 Å². The van der Waals surface area contributed by atoms with Crippen molar-refractivity contribution in [3.05, 3.63) is 17.3 Å². The van der Waals surface area contributed by atoms with E-state index < -0.39 is 0 Å². The van der Waals surface area contributed by atoms with Gasteiger partial charge in [0.1, 0.15) is 5.70 Å². The molecule has 0 aliphatic carbocycles. The van der Waals surface area contributed by atoms with E-state index in [1.54, 1.807) is 0 Å². The van der Waals surface area contributed by atoms with Crippen LogP contribution >= 0.6 is 23.4 Å². The van der Waals surface area contributed by atoms with E-state index in [0.717, 1.165) is 10.9 Å². The van der Waals surface area contributed by atoms with Crippen LogP contribution in [0.2, 0.25) is 0 Å². The molecule has 1 heterocycles. The van der Waals surface area contributed by atoms with Gasteiger partial charge < -0.3 is 5.53 Å². The van der Waals surface area contributed by atoms with Gasteiger partial charge in [-0.1, -0.05) is 11.6 Å². The molecular formula is C4H3Cl2N5. The first kappa shape index (κ1) is 8.07. The van der Waals surface area contributed by atoms with Gasteiger partial charge in [0.2, 0.25) is 0 Å². The fraction of sp³-hybridized carbons (Fsp3) is 0. The zero-order valence-corrected chi connectivity index (χ0v) is 6.71. The molecule has 0 spiro atoms. The molecule has 0 bridgehead atoms. The van der Waals surface area contributed by atoms with E-state index >= 15 is 0 Å². The molecule has 1 rings (SSSR count). The predicted octanol–water partition coefficient (Wildman–Crippen LogP) is 0.697. The second kappa shape index (κ2) is 3.39. The third-order valence-corrected chi connectivity index (χ3v) is 1.22. The maximum Gasteiger partial charge on any atom is 0.305 e. The van der Waals surface area contributed by atoms with Crippen LogP contribution in [0, 0.1) is 0 Å². The second-order valence-corrected chi connectivity index (χ2v) is 2.35. The van der Waals surface area contributed by atoms with Crippen molar-refractivity contribution in [2.45, 2.75) is 0 Å². The topological polar surface area (TPSA) is 64.0 Å². The Labute approximate surface area is 72.6 Å². The maximum atomic E-state index is 8.14. The minimum Gasteiger partial charge on any atom is -0.361 e. The Morgan fingerprint density at radius 2 is 2.55 bits per heavy atom. The van der Waals surface area contributed by atoms with E-state index in [1.807, 2.05) is 0 Å². The van der Waals surface area contributed by atoms with Crippen LogP contribution in [0.5, 0.6) is 0 Å². The molecule has 0 aromatic rings. The van der Waals surface area contributed by atoms with E-state index in [-0.39, 0.29) is 5.17 Å². The molecule has 0 saturated heterocycles. The van der Waals surface area contributed by atoms with Crippen molar-refractivity contribution in [2.75, 3.05) is 0 Å². The molecule has 1 aliphatic heterocycles. The summed E-state index contributed by atoms with van der Waals surface area (Å²) in [5.74, 6) is 0. The standard InChI is InChI=1S/C4H3Cl2N5/c5-4-1-3(2-8-7)9-11(6)10-4/h1-2,9H. The van der Waals surface area contributed by atoms with E-state index in [4.69, 9.17) is 28.9 Å². The minimum absolute atomic E-state index is 0.202. The van der Waals surface area contributed by atoms with Crippen LogP contribution in [-0.2, 0) is 0 Å². The summed E-state index contributed by atoms with van der Waals surface area (Å²) in [4.78, 5) is 2.77. The van der Waals surface area contributed by atoms with Crippen molar-refractivity contribution in [3.8, 4) is 0 Å². The fourth-order valence-electron chi connectivity index (χ4n) is 0.533. The zero-order chi connectivity index (χ0) is 8.27. The molecule has 0 atom stereocenters. The summed E-state index contributed by atoms with van der Waals surface area (Å²) in [5.41, 5.74) is 11.1. The number of hydrogen-bond donors (Lipinski definition) is 1. The normalized spacial score (nSPS) is 16.0. The van der Waals surface area contributed by atoms with Gasteiger partial charge in [0.25, 0.3) is 0 Å². The highest BCUT2D eigenvalue weighted by Gasteiger charge is 2.09. The van der Waals surface area contributed by atoms with E-state index in [9.17, 15) is 0 Å². The van der Waals surface area contributed by atoms with Crippen LogP contribution in [0.3, 0.4) is 0 Å². The SMILES string of the molecule is [N-]=[N+]=CC1=CC(Cl)=NN(Cl)N1. The van der Waals surface area contributed by atoms with Gasteiger partial charge in [0, 0.05) is 6.08 Å². The predicted molar refractivity (Wildman–Crippen MR) is 41.9 cm³/mol. The van der Waals surface area contributed by atoms with Gasteiger partial charge in [-0.25, -0.2) is 0 Å². The van der Waals surface area contributed by atoms with Gasteiger partial charge >= 0.3 is 6.21 Å².